The summed E-state index contributed by atoms with van der Waals surface area (Å²) in [5, 5.41) is 13.0. The molecule has 3 unspecified atom stereocenters. The highest BCUT2D eigenvalue weighted by molar-refractivity contribution is 5.79. The van der Waals surface area contributed by atoms with Gasteiger partial charge in [0.2, 0.25) is 0 Å². The summed E-state index contributed by atoms with van der Waals surface area (Å²) >= 11 is 0. The van der Waals surface area contributed by atoms with E-state index in [0.29, 0.717) is 12.1 Å². The van der Waals surface area contributed by atoms with E-state index in [2.05, 4.69) is 17.1 Å². The normalized spacial score (nSPS) is 35.6. The van der Waals surface area contributed by atoms with Crippen molar-refractivity contribution < 1.29 is 9.90 Å². The first-order valence-corrected chi connectivity index (χ1v) is 8.25. The molecule has 1 saturated heterocycles. The summed E-state index contributed by atoms with van der Waals surface area (Å²) in [5.41, 5.74) is -0.700. The molecule has 0 spiro atoms. The third kappa shape index (κ3) is 3.17. The molecule has 0 aromatic heterocycles. The first-order chi connectivity index (χ1) is 9.48. The van der Waals surface area contributed by atoms with Gasteiger partial charge in [-0.3, -0.25) is 15.0 Å². The van der Waals surface area contributed by atoms with Gasteiger partial charge in [-0.05, 0) is 58.9 Å². The molecule has 0 radical (unpaired) electrons. The van der Waals surface area contributed by atoms with E-state index in [1.54, 1.807) is 0 Å². The van der Waals surface area contributed by atoms with E-state index in [1.165, 1.54) is 25.7 Å². The molecule has 3 atom stereocenters. The van der Waals surface area contributed by atoms with Crippen LogP contribution in [0.5, 0.6) is 0 Å². The Balaban J connectivity index is 2.07. The fourth-order valence-electron chi connectivity index (χ4n) is 4.18. The number of likely N-dealkylation sites (tertiary alicyclic amines) is 1. The number of carboxylic acids is 1. The van der Waals surface area contributed by atoms with E-state index in [-0.39, 0.29) is 6.04 Å². The van der Waals surface area contributed by atoms with Crippen LogP contribution in [0.1, 0.15) is 65.7 Å². The summed E-state index contributed by atoms with van der Waals surface area (Å²) in [6.07, 6.45) is 7.61. The van der Waals surface area contributed by atoms with E-state index < -0.39 is 11.5 Å². The van der Waals surface area contributed by atoms with Crippen molar-refractivity contribution in [1.29, 1.82) is 0 Å². The van der Waals surface area contributed by atoms with Crippen LogP contribution in [0, 0.1) is 0 Å². The predicted octanol–water partition coefficient (Wildman–Crippen LogP) is 2.62. The zero-order valence-electron chi connectivity index (χ0n) is 13.2. The Kier molecular flexibility index (Phi) is 5.08. The molecule has 2 N–H and O–H groups in total. The highest BCUT2D eigenvalue weighted by Crippen LogP contribution is 2.37. The number of nitrogens with one attached hydrogen (secondary N) is 1. The van der Waals surface area contributed by atoms with Gasteiger partial charge in [-0.15, -0.1) is 0 Å². The van der Waals surface area contributed by atoms with Gasteiger partial charge in [0.15, 0.2) is 0 Å². The van der Waals surface area contributed by atoms with Gasteiger partial charge in [0.25, 0.3) is 0 Å². The molecule has 4 heteroatoms. The van der Waals surface area contributed by atoms with Crippen molar-refractivity contribution in [3.8, 4) is 0 Å². The lowest BCUT2D eigenvalue weighted by Gasteiger charge is -2.40. The molecule has 0 aromatic rings. The summed E-state index contributed by atoms with van der Waals surface area (Å²) in [7, 11) is 0. The molecule has 2 rings (SSSR count). The van der Waals surface area contributed by atoms with Crippen molar-refractivity contribution >= 4 is 5.97 Å². The number of nitrogens with zero attached hydrogens (tertiary/aromatic N) is 1. The van der Waals surface area contributed by atoms with Crippen molar-refractivity contribution in [2.75, 3.05) is 6.54 Å². The Labute approximate surface area is 122 Å². The largest absolute Gasteiger partial charge is 0.480 e. The SMILES string of the molecule is CCC1CCCCN1C1CCC(NC(C)C)(C(=O)O)C1. The third-order valence-electron chi connectivity index (χ3n) is 5.08. The molecule has 1 aliphatic carbocycles. The Morgan fingerprint density at radius 3 is 2.75 bits per heavy atom. The monoisotopic (exact) mass is 282 g/mol. The average Bonchev–Trinajstić information content (AvgIpc) is 2.83. The lowest BCUT2D eigenvalue weighted by molar-refractivity contribution is -0.145. The van der Waals surface area contributed by atoms with Crippen LogP contribution in [0.25, 0.3) is 0 Å². The molecule has 1 heterocycles. The van der Waals surface area contributed by atoms with Crippen LogP contribution in [0.15, 0.2) is 0 Å². The molecule has 1 saturated carbocycles. The number of carbonyl (C=O) groups is 1. The van der Waals surface area contributed by atoms with Crippen molar-refractivity contribution in [2.24, 2.45) is 0 Å². The molecule has 0 bridgehead atoms. The molecule has 2 fully saturated rings. The van der Waals surface area contributed by atoms with Gasteiger partial charge in [0.05, 0.1) is 0 Å². The molecule has 1 aliphatic heterocycles. The lowest BCUT2D eigenvalue weighted by atomic mass is 9.94. The van der Waals surface area contributed by atoms with Gasteiger partial charge in [0.1, 0.15) is 5.54 Å². The van der Waals surface area contributed by atoms with Crippen molar-refractivity contribution in [1.82, 2.24) is 10.2 Å². The fraction of sp³-hybridized carbons (Fsp3) is 0.938. The number of hydrogen-bond acceptors (Lipinski definition) is 3. The quantitative estimate of drug-likeness (QED) is 0.814. The van der Waals surface area contributed by atoms with E-state index in [1.807, 2.05) is 13.8 Å². The molecule has 2 aliphatic rings. The predicted molar refractivity (Wildman–Crippen MR) is 80.9 cm³/mol. The second-order valence-electron chi connectivity index (χ2n) is 6.88. The number of piperidine rings is 1. The van der Waals surface area contributed by atoms with Crippen LogP contribution in [-0.2, 0) is 4.79 Å². The second-order valence-corrected chi connectivity index (χ2v) is 6.88. The second kappa shape index (κ2) is 6.44. The van der Waals surface area contributed by atoms with Crippen LogP contribution in [0.3, 0.4) is 0 Å². The van der Waals surface area contributed by atoms with E-state index in [4.69, 9.17) is 0 Å². The number of aliphatic carboxylic acids is 1. The summed E-state index contributed by atoms with van der Waals surface area (Å²) in [6.45, 7) is 7.48. The zero-order valence-corrected chi connectivity index (χ0v) is 13.2. The topological polar surface area (TPSA) is 52.6 Å². The average molecular weight is 282 g/mol. The minimum Gasteiger partial charge on any atom is -0.480 e. The summed E-state index contributed by atoms with van der Waals surface area (Å²) in [4.78, 5) is 14.4. The molecule has 0 amide bonds. The highest BCUT2D eigenvalue weighted by atomic mass is 16.4. The smallest absolute Gasteiger partial charge is 0.323 e. The maximum Gasteiger partial charge on any atom is 0.323 e. The van der Waals surface area contributed by atoms with Crippen LogP contribution in [0.2, 0.25) is 0 Å². The molecular weight excluding hydrogens is 252 g/mol. The van der Waals surface area contributed by atoms with E-state index in [0.717, 1.165) is 25.8 Å². The van der Waals surface area contributed by atoms with Crippen LogP contribution in [0.4, 0.5) is 0 Å². The first-order valence-electron chi connectivity index (χ1n) is 8.25. The van der Waals surface area contributed by atoms with Crippen LogP contribution < -0.4 is 5.32 Å². The Morgan fingerprint density at radius 2 is 2.15 bits per heavy atom. The molecule has 20 heavy (non-hydrogen) atoms. The lowest BCUT2D eigenvalue weighted by Crippen LogP contribution is -2.54. The number of carboxylic acid groups (broad SMARTS) is 1. The first kappa shape index (κ1) is 15.8. The molecule has 0 aromatic carbocycles. The minimum atomic E-state index is -0.700. The Hall–Kier alpha value is -0.610. The summed E-state index contributed by atoms with van der Waals surface area (Å²) in [6, 6.07) is 1.33. The Morgan fingerprint density at radius 1 is 1.40 bits per heavy atom. The van der Waals surface area contributed by atoms with Crippen molar-refractivity contribution in [2.45, 2.75) is 89.4 Å². The number of hydrogen-bond donors (Lipinski definition) is 2. The minimum absolute atomic E-state index is 0.216. The molecular formula is C16H30N2O2. The molecule has 4 nitrogen and oxygen atoms in total. The number of rotatable bonds is 5. The van der Waals surface area contributed by atoms with Gasteiger partial charge < -0.3 is 5.11 Å². The standard InChI is InChI=1S/C16H30N2O2/c1-4-13-7-5-6-10-18(13)14-8-9-16(11-14,15(19)20)17-12(2)3/h12-14,17H,4-11H2,1-3H3,(H,19,20). The maximum absolute atomic E-state index is 11.8. The van der Waals surface area contributed by atoms with E-state index in [9.17, 15) is 9.90 Å². The van der Waals surface area contributed by atoms with Gasteiger partial charge in [0, 0.05) is 18.1 Å². The van der Waals surface area contributed by atoms with Gasteiger partial charge in [-0.1, -0.05) is 13.3 Å². The van der Waals surface area contributed by atoms with Crippen molar-refractivity contribution in [3.05, 3.63) is 0 Å². The third-order valence-corrected chi connectivity index (χ3v) is 5.08. The van der Waals surface area contributed by atoms with Gasteiger partial charge in [-0.2, -0.15) is 0 Å². The van der Waals surface area contributed by atoms with E-state index >= 15 is 0 Å². The van der Waals surface area contributed by atoms with Crippen LogP contribution in [-0.4, -0.2) is 46.2 Å². The van der Waals surface area contributed by atoms with Crippen molar-refractivity contribution in [3.63, 3.8) is 0 Å². The summed E-state index contributed by atoms with van der Waals surface area (Å²) < 4.78 is 0. The van der Waals surface area contributed by atoms with Gasteiger partial charge in [-0.25, -0.2) is 0 Å². The zero-order chi connectivity index (χ0) is 14.8. The maximum atomic E-state index is 11.8. The Bertz CT molecular complexity index is 345. The fourth-order valence-corrected chi connectivity index (χ4v) is 4.18. The highest BCUT2D eigenvalue weighted by Gasteiger charge is 2.48. The summed E-state index contributed by atoms with van der Waals surface area (Å²) in [5.74, 6) is -0.668. The van der Waals surface area contributed by atoms with Crippen LogP contribution >= 0.6 is 0 Å². The molecule has 116 valence electrons. The van der Waals surface area contributed by atoms with Gasteiger partial charge >= 0.3 is 5.97 Å².